The molecule has 7 nitrogen and oxygen atoms in total. The highest BCUT2D eigenvalue weighted by Gasteiger charge is 2.38. The van der Waals surface area contributed by atoms with E-state index in [9.17, 15) is 18.0 Å². The zero-order chi connectivity index (χ0) is 25.5. The van der Waals surface area contributed by atoms with Gasteiger partial charge in [0.2, 0.25) is 0 Å². The van der Waals surface area contributed by atoms with Crippen molar-refractivity contribution in [2.75, 3.05) is 13.2 Å². The topological polar surface area (TPSA) is 79.1 Å². The van der Waals surface area contributed by atoms with Crippen LogP contribution < -0.4 is 0 Å². The number of hydrogen-bond acceptors (Lipinski definition) is 6. The van der Waals surface area contributed by atoms with Crippen LogP contribution in [0, 0.1) is 13.8 Å². The van der Waals surface area contributed by atoms with Gasteiger partial charge in [0, 0.05) is 31.7 Å². The standard InChI is InChI=1S/C26H25F3N4O3/c1-16-11-18(13-31-24(16)19-5-7-25(8-6-19)35-9-10-36-25)12-22(34)21-15-32-33(17(21)2)23-4-3-20(14-30-23)26(27,28)29/h3-5,11,13-15H,6-10,12H2,1-2H3. The van der Waals surface area contributed by atoms with E-state index in [1.807, 2.05) is 13.0 Å². The van der Waals surface area contributed by atoms with Gasteiger partial charge >= 0.3 is 6.18 Å². The Kier molecular flexibility index (Phi) is 6.25. The van der Waals surface area contributed by atoms with Crippen LogP contribution >= 0.6 is 0 Å². The van der Waals surface area contributed by atoms with Crippen molar-refractivity contribution >= 4 is 11.4 Å². The average molecular weight is 499 g/mol. The monoisotopic (exact) mass is 498 g/mol. The molecule has 3 aromatic rings. The van der Waals surface area contributed by atoms with Gasteiger partial charge in [0.15, 0.2) is 17.4 Å². The van der Waals surface area contributed by atoms with Gasteiger partial charge in [-0.15, -0.1) is 0 Å². The zero-order valence-corrected chi connectivity index (χ0v) is 19.9. The zero-order valence-electron chi connectivity index (χ0n) is 19.9. The van der Waals surface area contributed by atoms with Gasteiger partial charge < -0.3 is 9.47 Å². The van der Waals surface area contributed by atoms with Crippen molar-refractivity contribution in [2.24, 2.45) is 0 Å². The number of allylic oxidation sites excluding steroid dienone is 1. The number of carbonyl (C=O) groups excluding carboxylic acids is 1. The summed E-state index contributed by atoms with van der Waals surface area (Å²) in [4.78, 5) is 21.5. The number of aromatic nitrogens is 4. The molecule has 0 radical (unpaired) electrons. The Morgan fingerprint density at radius 2 is 1.89 bits per heavy atom. The minimum Gasteiger partial charge on any atom is -0.347 e. The van der Waals surface area contributed by atoms with E-state index in [1.165, 1.54) is 16.9 Å². The lowest BCUT2D eigenvalue weighted by atomic mass is 9.90. The molecule has 2 aliphatic rings. The number of hydrogen-bond donors (Lipinski definition) is 0. The number of ketones is 1. The normalized spacial score (nSPS) is 17.4. The van der Waals surface area contributed by atoms with Gasteiger partial charge in [0.1, 0.15) is 0 Å². The number of Topliss-reactive ketones (excluding diaryl/α,β-unsaturated/α-hetero) is 1. The summed E-state index contributed by atoms with van der Waals surface area (Å²) in [6.07, 6.45) is 3.96. The van der Waals surface area contributed by atoms with E-state index >= 15 is 0 Å². The van der Waals surface area contributed by atoms with Gasteiger partial charge in [-0.2, -0.15) is 18.3 Å². The average Bonchev–Trinajstić information content (AvgIpc) is 3.46. The molecule has 0 saturated carbocycles. The summed E-state index contributed by atoms with van der Waals surface area (Å²) in [6, 6.07) is 4.14. The van der Waals surface area contributed by atoms with Gasteiger partial charge in [0.05, 0.1) is 41.9 Å². The van der Waals surface area contributed by atoms with Crippen LogP contribution in [0.5, 0.6) is 0 Å². The third-order valence-electron chi connectivity index (χ3n) is 6.65. The molecule has 1 aliphatic heterocycles. The van der Waals surface area contributed by atoms with Crippen molar-refractivity contribution in [3.63, 3.8) is 0 Å². The molecule has 188 valence electrons. The minimum atomic E-state index is -4.47. The molecule has 36 heavy (non-hydrogen) atoms. The van der Waals surface area contributed by atoms with Crippen LogP contribution in [0.15, 0.2) is 42.9 Å². The van der Waals surface area contributed by atoms with E-state index < -0.39 is 17.5 Å². The van der Waals surface area contributed by atoms with Gasteiger partial charge in [0.25, 0.3) is 0 Å². The first kappa shape index (κ1) is 24.3. The molecule has 0 aromatic carbocycles. The second-order valence-corrected chi connectivity index (χ2v) is 9.11. The number of halogens is 3. The van der Waals surface area contributed by atoms with Crippen LogP contribution in [-0.4, -0.2) is 44.5 Å². The van der Waals surface area contributed by atoms with Crippen molar-refractivity contribution in [3.8, 4) is 5.82 Å². The lowest BCUT2D eigenvalue weighted by Gasteiger charge is -2.30. The number of ether oxygens (including phenoxy) is 2. The summed E-state index contributed by atoms with van der Waals surface area (Å²) >= 11 is 0. The number of alkyl halides is 3. The Hall–Kier alpha value is -3.37. The summed E-state index contributed by atoms with van der Waals surface area (Å²) in [5.74, 6) is -0.437. The predicted octanol–water partition coefficient (Wildman–Crippen LogP) is 5.03. The molecule has 0 atom stereocenters. The highest BCUT2D eigenvalue weighted by molar-refractivity contribution is 5.98. The van der Waals surface area contributed by atoms with Crippen LogP contribution in [0.1, 0.15) is 57.7 Å². The van der Waals surface area contributed by atoms with E-state index in [1.54, 1.807) is 13.1 Å². The molecule has 1 saturated heterocycles. The molecular weight excluding hydrogens is 473 g/mol. The molecule has 4 heterocycles. The molecular formula is C26H25F3N4O3. The maximum absolute atomic E-state index is 13.0. The van der Waals surface area contributed by atoms with Crippen molar-refractivity contribution in [1.29, 1.82) is 0 Å². The number of carbonyl (C=O) groups is 1. The van der Waals surface area contributed by atoms with Crippen molar-refractivity contribution in [1.82, 2.24) is 19.7 Å². The quantitative estimate of drug-likeness (QED) is 0.459. The van der Waals surface area contributed by atoms with Crippen LogP contribution in [0.3, 0.4) is 0 Å². The summed E-state index contributed by atoms with van der Waals surface area (Å²) in [6.45, 7) is 4.92. The second kappa shape index (κ2) is 9.25. The van der Waals surface area contributed by atoms with Crippen LogP contribution in [0.2, 0.25) is 0 Å². The molecule has 5 rings (SSSR count). The Bertz CT molecular complexity index is 1320. The van der Waals surface area contributed by atoms with Crippen molar-refractivity contribution < 1.29 is 27.4 Å². The van der Waals surface area contributed by atoms with Gasteiger partial charge in [-0.25, -0.2) is 9.67 Å². The first-order valence-corrected chi connectivity index (χ1v) is 11.7. The third kappa shape index (κ3) is 4.70. The third-order valence-corrected chi connectivity index (χ3v) is 6.65. The van der Waals surface area contributed by atoms with Crippen molar-refractivity contribution in [3.05, 3.63) is 76.5 Å². The van der Waals surface area contributed by atoms with E-state index in [0.717, 1.165) is 47.5 Å². The lowest BCUT2D eigenvalue weighted by Crippen LogP contribution is -2.31. The summed E-state index contributed by atoms with van der Waals surface area (Å²) in [5.41, 5.74) is 3.87. The first-order chi connectivity index (χ1) is 17.2. The fourth-order valence-corrected chi connectivity index (χ4v) is 4.72. The summed E-state index contributed by atoms with van der Waals surface area (Å²) in [5, 5.41) is 4.17. The maximum Gasteiger partial charge on any atom is 0.417 e. The maximum atomic E-state index is 13.0. The molecule has 3 aromatic heterocycles. The van der Waals surface area contributed by atoms with E-state index in [-0.39, 0.29) is 18.0 Å². The number of pyridine rings is 2. The number of aryl methyl sites for hydroxylation is 1. The predicted molar refractivity (Wildman–Crippen MR) is 125 cm³/mol. The van der Waals surface area contributed by atoms with Crippen LogP contribution in [0.4, 0.5) is 13.2 Å². The van der Waals surface area contributed by atoms with Gasteiger partial charge in [-0.05, 0) is 49.1 Å². The largest absolute Gasteiger partial charge is 0.417 e. The fourth-order valence-electron chi connectivity index (χ4n) is 4.72. The molecule has 1 fully saturated rings. The molecule has 10 heteroatoms. The van der Waals surface area contributed by atoms with Crippen LogP contribution in [0.25, 0.3) is 11.4 Å². The van der Waals surface area contributed by atoms with E-state index in [4.69, 9.17) is 9.47 Å². The van der Waals surface area contributed by atoms with Gasteiger partial charge in [-0.1, -0.05) is 12.1 Å². The number of rotatable bonds is 5. The Morgan fingerprint density at radius 1 is 1.11 bits per heavy atom. The second-order valence-electron chi connectivity index (χ2n) is 9.11. The fraction of sp³-hybridized carbons (Fsp3) is 0.385. The molecule has 0 N–H and O–H groups in total. The molecule has 0 amide bonds. The Morgan fingerprint density at radius 3 is 2.50 bits per heavy atom. The summed E-state index contributed by atoms with van der Waals surface area (Å²) in [7, 11) is 0. The lowest BCUT2D eigenvalue weighted by molar-refractivity contribution is -0.159. The highest BCUT2D eigenvalue weighted by atomic mass is 19.4. The molecule has 1 aliphatic carbocycles. The van der Waals surface area contributed by atoms with Crippen molar-refractivity contribution in [2.45, 2.75) is 51.5 Å². The Balaban J connectivity index is 1.29. The minimum absolute atomic E-state index is 0.130. The number of nitrogens with zero attached hydrogens (tertiary/aromatic N) is 4. The van der Waals surface area contributed by atoms with E-state index in [2.05, 4.69) is 21.1 Å². The molecule has 0 unspecified atom stereocenters. The van der Waals surface area contributed by atoms with Gasteiger partial charge in [-0.3, -0.25) is 9.78 Å². The molecule has 1 spiro atoms. The Labute approximate surface area is 206 Å². The first-order valence-electron chi connectivity index (χ1n) is 11.7. The SMILES string of the molecule is Cc1cc(CC(=O)c2cnn(-c3ccc(C(F)(F)F)cn3)c2C)cnc1C1=CCC2(CC1)OCCO2. The highest BCUT2D eigenvalue weighted by Crippen LogP contribution is 2.38. The molecule has 0 bridgehead atoms. The van der Waals surface area contributed by atoms with Crippen LogP contribution in [-0.2, 0) is 22.1 Å². The van der Waals surface area contributed by atoms with E-state index in [0.29, 0.717) is 30.9 Å². The summed E-state index contributed by atoms with van der Waals surface area (Å²) < 4.78 is 51.4. The smallest absolute Gasteiger partial charge is 0.347 e.